The van der Waals surface area contributed by atoms with E-state index in [1.165, 1.54) is 12.1 Å². The number of rotatable bonds is 6. The van der Waals surface area contributed by atoms with Gasteiger partial charge in [0.1, 0.15) is 5.69 Å². The summed E-state index contributed by atoms with van der Waals surface area (Å²) in [5.41, 5.74) is -0.0137. The SMILES string of the molecule is CCC(CNC(=O)c1cccc(F)n1)CC(=O)O. The molecular weight excluding hydrogens is 239 g/mol. The quantitative estimate of drug-likeness (QED) is 0.753. The summed E-state index contributed by atoms with van der Waals surface area (Å²) in [5, 5.41) is 11.2. The Labute approximate surface area is 104 Å². The predicted octanol–water partition coefficient (Wildman–Crippen LogP) is 1.45. The van der Waals surface area contributed by atoms with E-state index in [0.717, 1.165) is 6.07 Å². The number of nitrogens with zero attached hydrogens (tertiary/aromatic N) is 1. The van der Waals surface area contributed by atoms with Crippen LogP contribution in [0, 0.1) is 11.9 Å². The molecule has 0 saturated carbocycles. The fraction of sp³-hybridized carbons (Fsp3) is 0.417. The fourth-order valence-electron chi connectivity index (χ4n) is 1.47. The van der Waals surface area contributed by atoms with E-state index >= 15 is 0 Å². The maximum Gasteiger partial charge on any atom is 0.303 e. The summed E-state index contributed by atoms with van der Waals surface area (Å²) in [6.07, 6.45) is 0.635. The average molecular weight is 254 g/mol. The van der Waals surface area contributed by atoms with Crippen molar-refractivity contribution in [3.63, 3.8) is 0 Å². The fourth-order valence-corrected chi connectivity index (χ4v) is 1.47. The number of carbonyl (C=O) groups excluding carboxylic acids is 1. The average Bonchev–Trinajstić information content (AvgIpc) is 2.33. The summed E-state index contributed by atoms with van der Waals surface area (Å²) in [7, 11) is 0. The molecule has 0 aliphatic heterocycles. The Hall–Kier alpha value is -1.98. The second-order valence-electron chi connectivity index (χ2n) is 3.93. The zero-order valence-corrected chi connectivity index (χ0v) is 10.0. The molecule has 0 saturated heterocycles. The number of hydrogen-bond donors (Lipinski definition) is 2. The minimum atomic E-state index is -0.903. The lowest BCUT2D eigenvalue weighted by atomic mass is 10.0. The largest absolute Gasteiger partial charge is 0.481 e. The first-order valence-electron chi connectivity index (χ1n) is 5.65. The van der Waals surface area contributed by atoms with Crippen LogP contribution in [0.2, 0.25) is 0 Å². The molecule has 1 rings (SSSR count). The van der Waals surface area contributed by atoms with Crippen LogP contribution in [0.4, 0.5) is 4.39 Å². The summed E-state index contributed by atoms with van der Waals surface area (Å²) in [4.78, 5) is 25.6. The molecule has 2 N–H and O–H groups in total. The van der Waals surface area contributed by atoms with Crippen LogP contribution in [0.15, 0.2) is 18.2 Å². The molecular formula is C12H15FN2O3. The van der Waals surface area contributed by atoms with Gasteiger partial charge in [-0.25, -0.2) is 4.98 Å². The number of nitrogens with one attached hydrogen (secondary N) is 1. The summed E-state index contributed by atoms with van der Waals surface area (Å²) in [6.45, 7) is 2.08. The Morgan fingerprint density at radius 1 is 1.50 bits per heavy atom. The van der Waals surface area contributed by atoms with Gasteiger partial charge in [-0.05, 0) is 18.1 Å². The highest BCUT2D eigenvalue weighted by molar-refractivity contribution is 5.92. The van der Waals surface area contributed by atoms with Gasteiger partial charge < -0.3 is 10.4 Å². The zero-order valence-electron chi connectivity index (χ0n) is 10.0. The number of amides is 1. The lowest BCUT2D eigenvalue weighted by molar-refractivity contribution is -0.138. The van der Waals surface area contributed by atoms with E-state index in [2.05, 4.69) is 10.3 Å². The van der Waals surface area contributed by atoms with Crippen molar-refractivity contribution >= 4 is 11.9 Å². The molecule has 0 aliphatic rings. The Bertz CT molecular complexity index is 437. The monoisotopic (exact) mass is 254 g/mol. The Morgan fingerprint density at radius 2 is 2.22 bits per heavy atom. The first-order chi connectivity index (χ1) is 8.52. The number of carboxylic acids is 1. The molecule has 0 aliphatic carbocycles. The second kappa shape index (κ2) is 6.68. The molecule has 1 unspecified atom stereocenters. The van der Waals surface area contributed by atoms with Crippen LogP contribution >= 0.6 is 0 Å². The Morgan fingerprint density at radius 3 is 2.78 bits per heavy atom. The second-order valence-corrected chi connectivity index (χ2v) is 3.93. The van der Waals surface area contributed by atoms with Crippen LogP contribution in [-0.2, 0) is 4.79 Å². The van der Waals surface area contributed by atoms with E-state index in [4.69, 9.17) is 5.11 Å². The molecule has 6 heteroatoms. The van der Waals surface area contributed by atoms with Crippen molar-refractivity contribution < 1.29 is 19.1 Å². The highest BCUT2D eigenvalue weighted by Gasteiger charge is 2.14. The van der Waals surface area contributed by atoms with Gasteiger partial charge in [-0.2, -0.15) is 4.39 Å². The minimum Gasteiger partial charge on any atom is -0.481 e. The molecule has 1 aromatic heterocycles. The number of carboxylic acid groups (broad SMARTS) is 1. The molecule has 98 valence electrons. The molecule has 0 spiro atoms. The van der Waals surface area contributed by atoms with Gasteiger partial charge >= 0.3 is 5.97 Å². The smallest absolute Gasteiger partial charge is 0.303 e. The normalized spacial score (nSPS) is 11.9. The lowest BCUT2D eigenvalue weighted by Crippen LogP contribution is -2.30. The van der Waals surface area contributed by atoms with E-state index in [-0.39, 0.29) is 24.6 Å². The van der Waals surface area contributed by atoms with E-state index in [1.54, 1.807) is 0 Å². The van der Waals surface area contributed by atoms with Crippen molar-refractivity contribution in [3.8, 4) is 0 Å². The first kappa shape index (κ1) is 14.1. The summed E-state index contributed by atoms with van der Waals surface area (Å²) in [5.74, 6) is -2.27. The van der Waals surface area contributed by atoms with Crippen LogP contribution in [-0.4, -0.2) is 28.5 Å². The topological polar surface area (TPSA) is 79.3 Å². The van der Waals surface area contributed by atoms with Gasteiger partial charge in [0.15, 0.2) is 0 Å². The third kappa shape index (κ3) is 4.48. The molecule has 1 amide bonds. The van der Waals surface area contributed by atoms with Crippen LogP contribution in [0.25, 0.3) is 0 Å². The number of aromatic nitrogens is 1. The number of aliphatic carboxylic acids is 1. The molecule has 0 fully saturated rings. The Kier molecular flexibility index (Phi) is 5.23. The van der Waals surface area contributed by atoms with Gasteiger partial charge in [-0.15, -0.1) is 0 Å². The summed E-state index contributed by atoms with van der Waals surface area (Å²) >= 11 is 0. The highest BCUT2D eigenvalue weighted by atomic mass is 19.1. The zero-order chi connectivity index (χ0) is 13.5. The maximum absolute atomic E-state index is 12.8. The Balaban J connectivity index is 2.52. The number of hydrogen-bond acceptors (Lipinski definition) is 3. The van der Waals surface area contributed by atoms with E-state index < -0.39 is 17.8 Å². The number of carbonyl (C=O) groups is 2. The van der Waals surface area contributed by atoms with Gasteiger partial charge in [0.05, 0.1) is 0 Å². The third-order valence-electron chi connectivity index (χ3n) is 2.54. The van der Waals surface area contributed by atoms with Gasteiger partial charge in [-0.3, -0.25) is 9.59 Å². The molecule has 18 heavy (non-hydrogen) atoms. The van der Waals surface area contributed by atoms with E-state index in [1.807, 2.05) is 6.92 Å². The van der Waals surface area contributed by atoms with Crippen molar-refractivity contribution in [2.45, 2.75) is 19.8 Å². The number of halogens is 1. The van der Waals surface area contributed by atoms with Gasteiger partial charge in [0.25, 0.3) is 5.91 Å². The predicted molar refractivity (Wildman–Crippen MR) is 62.6 cm³/mol. The van der Waals surface area contributed by atoms with Gasteiger partial charge in [0.2, 0.25) is 5.95 Å². The van der Waals surface area contributed by atoms with Crippen LogP contribution < -0.4 is 5.32 Å². The minimum absolute atomic E-state index is 0.00659. The van der Waals surface area contributed by atoms with Crippen molar-refractivity contribution in [2.24, 2.45) is 5.92 Å². The van der Waals surface area contributed by atoms with Crippen molar-refractivity contribution in [1.82, 2.24) is 10.3 Å². The summed E-state index contributed by atoms with van der Waals surface area (Å²) in [6, 6.07) is 3.94. The summed E-state index contributed by atoms with van der Waals surface area (Å²) < 4.78 is 12.8. The van der Waals surface area contributed by atoms with E-state index in [9.17, 15) is 14.0 Å². The molecule has 1 heterocycles. The molecule has 0 bridgehead atoms. The molecule has 0 radical (unpaired) electrons. The first-order valence-corrected chi connectivity index (χ1v) is 5.65. The lowest BCUT2D eigenvalue weighted by Gasteiger charge is -2.13. The van der Waals surface area contributed by atoms with Gasteiger partial charge in [0, 0.05) is 13.0 Å². The molecule has 0 aromatic carbocycles. The highest BCUT2D eigenvalue weighted by Crippen LogP contribution is 2.07. The van der Waals surface area contributed by atoms with Crippen molar-refractivity contribution in [2.75, 3.05) is 6.54 Å². The molecule has 1 atom stereocenters. The maximum atomic E-state index is 12.8. The van der Waals surface area contributed by atoms with E-state index in [0.29, 0.717) is 6.42 Å². The number of pyridine rings is 1. The van der Waals surface area contributed by atoms with Crippen molar-refractivity contribution in [1.29, 1.82) is 0 Å². The third-order valence-corrected chi connectivity index (χ3v) is 2.54. The molecule has 5 nitrogen and oxygen atoms in total. The van der Waals surface area contributed by atoms with Crippen LogP contribution in [0.3, 0.4) is 0 Å². The van der Waals surface area contributed by atoms with Crippen molar-refractivity contribution in [3.05, 3.63) is 29.8 Å². The van der Waals surface area contributed by atoms with Gasteiger partial charge in [-0.1, -0.05) is 19.4 Å². The van der Waals surface area contributed by atoms with Crippen LogP contribution in [0.5, 0.6) is 0 Å². The standard InChI is InChI=1S/C12H15FN2O3/c1-2-8(6-11(16)17)7-14-12(18)9-4-3-5-10(13)15-9/h3-5,8H,2,6-7H2,1H3,(H,14,18)(H,16,17). The van der Waals surface area contributed by atoms with Crippen LogP contribution in [0.1, 0.15) is 30.3 Å². The molecule has 1 aromatic rings.